The second-order valence-electron chi connectivity index (χ2n) is 20.7. The molecule has 5 fully saturated rings. The monoisotopic (exact) mass is 846 g/mol. The van der Waals surface area contributed by atoms with Crippen LogP contribution in [0, 0.1) is 50.2 Å². The highest BCUT2D eigenvalue weighted by molar-refractivity contribution is 5.88. The van der Waals surface area contributed by atoms with Crippen LogP contribution in [0.15, 0.2) is 34.9 Å². The Morgan fingerprint density at radius 2 is 1.40 bits per heavy atom. The van der Waals surface area contributed by atoms with E-state index in [4.69, 9.17) is 18.9 Å². The Morgan fingerprint density at radius 1 is 0.800 bits per heavy atom. The lowest BCUT2D eigenvalue weighted by molar-refractivity contribution is -0.328. The van der Waals surface area contributed by atoms with Crippen molar-refractivity contribution < 1.29 is 69.1 Å². The Hall–Kier alpha value is -2.69. The summed E-state index contributed by atoms with van der Waals surface area (Å²) in [5.74, 6) is -3.13. The van der Waals surface area contributed by atoms with Crippen LogP contribution in [0.3, 0.4) is 0 Å². The number of esters is 2. The fraction of sp³-hybridized carbons (Fsp3) is 0.804. The molecule has 6 rings (SSSR count). The lowest BCUT2D eigenvalue weighted by Gasteiger charge is -2.72. The number of carbonyl (C=O) groups is 3. The van der Waals surface area contributed by atoms with Gasteiger partial charge in [0.2, 0.25) is 0 Å². The van der Waals surface area contributed by atoms with Crippen molar-refractivity contribution in [1.82, 2.24) is 0 Å². The molecule has 0 aromatic rings. The fourth-order valence-electron chi connectivity index (χ4n) is 13.4. The van der Waals surface area contributed by atoms with Gasteiger partial charge < -0.3 is 54.7 Å². The number of hydrogen-bond acceptors (Lipinski definition) is 13. The first-order valence-corrected chi connectivity index (χ1v) is 21.8. The highest BCUT2D eigenvalue weighted by Gasteiger charge is 2.74. The zero-order chi connectivity index (χ0) is 44.7. The van der Waals surface area contributed by atoms with Gasteiger partial charge in [-0.05, 0) is 107 Å². The topological polar surface area (TPSA) is 230 Å². The number of aliphatic hydroxyl groups is 6. The van der Waals surface area contributed by atoms with Crippen molar-refractivity contribution >= 4 is 17.9 Å². The largest absolute Gasteiger partial charge is 0.479 e. The first-order chi connectivity index (χ1) is 27.9. The molecule has 0 bridgehead atoms. The molecule has 1 heterocycles. The summed E-state index contributed by atoms with van der Waals surface area (Å²) in [4.78, 5) is 38.9. The molecule has 0 spiro atoms. The number of allylic oxidation sites excluding steroid dienone is 4. The fourth-order valence-corrected chi connectivity index (χ4v) is 13.4. The van der Waals surface area contributed by atoms with Crippen molar-refractivity contribution in [3.8, 4) is 0 Å². The van der Waals surface area contributed by atoms with Crippen LogP contribution in [-0.2, 0) is 33.3 Å². The second kappa shape index (κ2) is 16.1. The van der Waals surface area contributed by atoms with Gasteiger partial charge in [0.1, 0.15) is 24.4 Å². The van der Waals surface area contributed by atoms with Crippen LogP contribution in [0.2, 0.25) is 0 Å². The summed E-state index contributed by atoms with van der Waals surface area (Å²) in [5, 5.41) is 76.8. The summed E-state index contributed by atoms with van der Waals surface area (Å²) in [6, 6.07) is 0. The number of hydrogen-bond donors (Lipinski definition) is 7. The molecule has 14 heteroatoms. The third-order valence-electron chi connectivity index (χ3n) is 17.5. The lowest BCUT2D eigenvalue weighted by Crippen LogP contribution is -2.72. The normalized spacial score (nSPS) is 47.7. The maximum atomic E-state index is 13.7. The summed E-state index contributed by atoms with van der Waals surface area (Å²) in [7, 11) is 0. The van der Waals surface area contributed by atoms with Gasteiger partial charge in [-0.1, -0.05) is 65.3 Å². The van der Waals surface area contributed by atoms with Gasteiger partial charge in [-0.25, -0.2) is 14.4 Å². The quantitative estimate of drug-likeness (QED) is 0.0754. The molecule has 60 heavy (non-hydrogen) atoms. The molecule has 6 aliphatic rings. The van der Waals surface area contributed by atoms with E-state index >= 15 is 0 Å². The zero-order valence-electron chi connectivity index (χ0n) is 37.0. The first kappa shape index (κ1) is 46.8. The number of ether oxygens (including phenoxy) is 4. The van der Waals surface area contributed by atoms with Gasteiger partial charge >= 0.3 is 17.9 Å². The molecule has 7 N–H and O–H groups in total. The molecule has 14 nitrogen and oxygen atoms in total. The minimum atomic E-state index is -1.85. The van der Waals surface area contributed by atoms with Crippen molar-refractivity contribution in [2.24, 2.45) is 50.2 Å². The van der Waals surface area contributed by atoms with Crippen molar-refractivity contribution in [1.29, 1.82) is 0 Å². The van der Waals surface area contributed by atoms with Gasteiger partial charge in [-0.2, -0.15) is 0 Å². The van der Waals surface area contributed by atoms with Crippen molar-refractivity contribution in [2.75, 3.05) is 13.2 Å². The van der Waals surface area contributed by atoms with E-state index in [1.54, 1.807) is 39.8 Å². The van der Waals surface area contributed by atoms with Crippen molar-refractivity contribution in [3.05, 3.63) is 34.9 Å². The van der Waals surface area contributed by atoms with Crippen LogP contribution in [0.1, 0.15) is 114 Å². The molecule has 3 unspecified atom stereocenters. The van der Waals surface area contributed by atoms with Gasteiger partial charge in [0.25, 0.3) is 0 Å². The number of aliphatic carboxylic acids is 1. The summed E-state index contributed by atoms with van der Waals surface area (Å²) in [6.07, 6.45) is -3.27. The molecule has 1 aliphatic heterocycles. The number of carboxylic acid groups (broad SMARTS) is 1. The van der Waals surface area contributed by atoms with Crippen LogP contribution < -0.4 is 0 Å². The van der Waals surface area contributed by atoms with E-state index in [9.17, 15) is 50.1 Å². The van der Waals surface area contributed by atoms with E-state index in [0.717, 1.165) is 12.0 Å². The van der Waals surface area contributed by atoms with E-state index in [0.29, 0.717) is 43.3 Å². The average Bonchev–Trinajstić information content (AvgIpc) is 3.19. The molecular weight excluding hydrogens is 776 g/mol. The van der Waals surface area contributed by atoms with Crippen molar-refractivity contribution in [2.45, 2.75) is 169 Å². The Kier molecular flexibility index (Phi) is 12.6. The standard InChI is InChI=1S/C46H70O14/c1-11-23(3)38(55)59-35-36(60-39(56)24(4)12-2)46(22-48)26(19-41(35,5)6)25-13-14-28-42(7)17-16-30(57-40-33(52)31(50)32(51)34(58-40)37(53)54)43(8,21-47)27(42)15-18-44(28,9)45(25,10)20-29(46)49/h11-13,26-36,40,47-52H,14-22H2,1-10H3,(H,53,54)/b23-11+,24-12+/t26?,27?,28?,29-,30-,31-,32-,33+,34-,35-,36-,40+,42-,43-,44+,45+,46-/m0/s1. The Labute approximate surface area is 354 Å². The predicted molar refractivity (Wildman–Crippen MR) is 218 cm³/mol. The number of carboxylic acids is 1. The van der Waals surface area contributed by atoms with E-state index in [1.807, 2.05) is 20.8 Å². The number of fused-ring (bicyclic) bond motifs is 7. The smallest absolute Gasteiger partial charge is 0.335 e. The summed E-state index contributed by atoms with van der Waals surface area (Å²) < 4.78 is 24.4. The minimum Gasteiger partial charge on any atom is -0.479 e. The first-order valence-electron chi connectivity index (χ1n) is 21.8. The summed E-state index contributed by atoms with van der Waals surface area (Å²) in [5.41, 5.74) is -2.47. The molecule has 0 radical (unpaired) electrons. The Balaban J connectivity index is 1.38. The zero-order valence-corrected chi connectivity index (χ0v) is 37.0. The number of carbonyl (C=O) groups excluding carboxylic acids is 2. The molecule has 0 amide bonds. The average molecular weight is 847 g/mol. The van der Waals surface area contributed by atoms with Crippen LogP contribution in [0.5, 0.6) is 0 Å². The molecule has 0 aromatic heterocycles. The number of aliphatic hydroxyl groups excluding tert-OH is 6. The Morgan fingerprint density at radius 3 is 1.95 bits per heavy atom. The van der Waals surface area contributed by atoms with E-state index in [1.165, 1.54) is 0 Å². The SMILES string of the molecule is C/C=C(\C)C(=O)O[C@H]1[C@H](OC(=O)/C(C)=C/C)[C@@]2(CO)C(CC1(C)C)C1=CCC3[C@@]4(C)CC[C@H](O[C@@H]5O[C@H](C(=O)O)[C@@H](O)[C@H](O)[C@H]5O)[C@@](C)(CO)C4CC[C@@]3(C)[C@]1(C)C[C@@H]2O. The molecule has 0 aromatic carbocycles. The molecule has 5 aliphatic carbocycles. The van der Waals surface area contributed by atoms with Gasteiger partial charge in [-0.3, -0.25) is 0 Å². The van der Waals surface area contributed by atoms with E-state index in [-0.39, 0.29) is 35.7 Å². The van der Waals surface area contributed by atoms with Gasteiger partial charge in [0.15, 0.2) is 18.5 Å². The lowest BCUT2D eigenvalue weighted by atomic mass is 9.33. The predicted octanol–water partition coefficient (Wildman–Crippen LogP) is 3.98. The highest BCUT2D eigenvalue weighted by atomic mass is 16.7. The van der Waals surface area contributed by atoms with Crippen molar-refractivity contribution in [3.63, 3.8) is 0 Å². The summed E-state index contributed by atoms with van der Waals surface area (Å²) >= 11 is 0. The van der Waals surface area contributed by atoms with E-state index < -0.39 is 107 Å². The molecule has 1 saturated heterocycles. The number of rotatable bonds is 9. The molecule has 4 saturated carbocycles. The van der Waals surface area contributed by atoms with E-state index in [2.05, 4.69) is 26.8 Å². The summed E-state index contributed by atoms with van der Waals surface area (Å²) in [6.45, 7) is 18.7. The third kappa shape index (κ3) is 6.76. The maximum Gasteiger partial charge on any atom is 0.335 e. The highest BCUT2D eigenvalue weighted by Crippen LogP contribution is 2.76. The van der Waals surface area contributed by atoms with Gasteiger partial charge in [0.05, 0.1) is 30.8 Å². The molecular formula is C46H70O14. The third-order valence-corrected chi connectivity index (χ3v) is 17.5. The molecule has 338 valence electrons. The van der Waals surface area contributed by atoms with Gasteiger partial charge in [0, 0.05) is 22.0 Å². The van der Waals surface area contributed by atoms with Gasteiger partial charge in [-0.15, -0.1) is 0 Å². The minimum absolute atomic E-state index is 0.0723. The Bertz CT molecular complexity index is 1790. The maximum absolute atomic E-state index is 13.7. The molecule has 17 atom stereocenters. The van der Waals surface area contributed by atoms with Crippen LogP contribution in [0.4, 0.5) is 0 Å². The second-order valence-corrected chi connectivity index (χ2v) is 20.7. The van der Waals surface area contributed by atoms with Crippen LogP contribution in [0.25, 0.3) is 0 Å². The van der Waals surface area contributed by atoms with Crippen LogP contribution >= 0.6 is 0 Å². The van der Waals surface area contributed by atoms with Crippen LogP contribution in [-0.4, -0.2) is 122 Å².